The number of rotatable bonds is 8. The third-order valence-corrected chi connectivity index (χ3v) is 4.41. The van der Waals surface area contributed by atoms with Gasteiger partial charge in [0.15, 0.2) is 0 Å². The second kappa shape index (κ2) is 8.62. The van der Waals surface area contributed by atoms with Gasteiger partial charge in [0.2, 0.25) is 11.8 Å². The van der Waals surface area contributed by atoms with Gasteiger partial charge in [-0.2, -0.15) is 0 Å². The predicted molar refractivity (Wildman–Crippen MR) is 107 cm³/mol. The number of hydrogen-bond donors (Lipinski definition) is 1. The molecule has 0 saturated heterocycles. The molecule has 0 saturated carbocycles. The molecule has 0 spiro atoms. The summed E-state index contributed by atoms with van der Waals surface area (Å²) in [6.07, 6.45) is 3.23. The molecule has 4 aromatic rings. The number of benzene rings is 1. The summed E-state index contributed by atoms with van der Waals surface area (Å²) in [7, 11) is 0. The molecule has 0 radical (unpaired) electrons. The molecule has 0 unspecified atom stereocenters. The SMILES string of the molecule is Cc1ccc(-c2cc(NC(=O)CN(Cc3ccco3)Cc3ccco3)on2)cc1. The van der Waals surface area contributed by atoms with Gasteiger partial charge in [-0.05, 0) is 31.2 Å². The molecule has 1 aromatic carbocycles. The van der Waals surface area contributed by atoms with Gasteiger partial charge in [-0.15, -0.1) is 0 Å². The predicted octanol–water partition coefficient (Wildman–Crippen LogP) is 4.48. The molecule has 7 heteroatoms. The van der Waals surface area contributed by atoms with E-state index in [4.69, 9.17) is 13.4 Å². The van der Waals surface area contributed by atoms with Gasteiger partial charge in [0.05, 0.1) is 32.2 Å². The molecule has 7 nitrogen and oxygen atoms in total. The summed E-state index contributed by atoms with van der Waals surface area (Å²) >= 11 is 0. The minimum Gasteiger partial charge on any atom is -0.468 e. The zero-order chi connectivity index (χ0) is 20.1. The van der Waals surface area contributed by atoms with Gasteiger partial charge >= 0.3 is 0 Å². The summed E-state index contributed by atoms with van der Waals surface area (Å²) in [6.45, 7) is 3.12. The summed E-state index contributed by atoms with van der Waals surface area (Å²) in [4.78, 5) is 14.5. The molecule has 3 heterocycles. The second-order valence-corrected chi connectivity index (χ2v) is 6.79. The first-order chi connectivity index (χ1) is 14.2. The van der Waals surface area contributed by atoms with Crippen molar-refractivity contribution in [1.29, 1.82) is 0 Å². The molecular formula is C22H21N3O4. The Bertz CT molecular complexity index is 998. The summed E-state index contributed by atoms with van der Waals surface area (Å²) in [6, 6.07) is 17.0. The third-order valence-electron chi connectivity index (χ3n) is 4.41. The van der Waals surface area contributed by atoms with Crippen molar-refractivity contribution in [2.75, 3.05) is 11.9 Å². The fourth-order valence-electron chi connectivity index (χ4n) is 2.99. The van der Waals surface area contributed by atoms with E-state index < -0.39 is 0 Å². The number of furan rings is 2. The molecule has 1 N–H and O–H groups in total. The second-order valence-electron chi connectivity index (χ2n) is 6.79. The average Bonchev–Trinajstić information content (AvgIpc) is 3.45. The molecular weight excluding hydrogens is 370 g/mol. The standard InChI is InChI=1S/C22H21N3O4/c1-16-6-8-17(9-7-16)20-12-22(29-24-20)23-21(26)15-25(13-18-4-2-10-27-18)14-19-5-3-11-28-19/h2-12H,13-15H2,1H3,(H,23,26). The van der Waals surface area contributed by atoms with E-state index >= 15 is 0 Å². The van der Waals surface area contributed by atoms with Crippen molar-refractivity contribution in [3.8, 4) is 11.3 Å². The van der Waals surface area contributed by atoms with Crippen LogP contribution in [0.1, 0.15) is 17.1 Å². The van der Waals surface area contributed by atoms with Gasteiger partial charge in [0.1, 0.15) is 17.2 Å². The number of hydrogen-bond acceptors (Lipinski definition) is 6. The normalized spacial score (nSPS) is 11.1. The van der Waals surface area contributed by atoms with Crippen LogP contribution in [0.5, 0.6) is 0 Å². The molecule has 0 atom stereocenters. The lowest BCUT2D eigenvalue weighted by atomic mass is 10.1. The van der Waals surface area contributed by atoms with Gasteiger partial charge < -0.3 is 13.4 Å². The lowest BCUT2D eigenvalue weighted by molar-refractivity contribution is -0.117. The number of carbonyl (C=O) groups is 1. The van der Waals surface area contributed by atoms with E-state index in [-0.39, 0.29) is 12.5 Å². The summed E-state index contributed by atoms with van der Waals surface area (Å²) < 4.78 is 16.1. The Morgan fingerprint density at radius 2 is 1.66 bits per heavy atom. The Morgan fingerprint density at radius 1 is 1.00 bits per heavy atom. The minimum absolute atomic E-state index is 0.141. The van der Waals surface area contributed by atoms with E-state index in [2.05, 4.69) is 10.5 Å². The minimum atomic E-state index is -0.213. The van der Waals surface area contributed by atoms with Crippen LogP contribution >= 0.6 is 0 Å². The van der Waals surface area contributed by atoms with Gasteiger partial charge in [0.25, 0.3) is 0 Å². The van der Waals surface area contributed by atoms with Crippen molar-refractivity contribution in [3.05, 3.63) is 84.2 Å². The summed E-state index contributed by atoms with van der Waals surface area (Å²) in [5, 5.41) is 6.80. The zero-order valence-corrected chi connectivity index (χ0v) is 16.0. The molecule has 0 fully saturated rings. The summed E-state index contributed by atoms with van der Waals surface area (Å²) in [5.41, 5.74) is 2.76. The molecule has 0 aliphatic carbocycles. The number of aryl methyl sites for hydroxylation is 1. The van der Waals surface area contributed by atoms with E-state index in [9.17, 15) is 4.79 Å². The maximum Gasteiger partial charge on any atom is 0.240 e. The average molecular weight is 391 g/mol. The van der Waals surface area contributed by atoms with Crippen LogP contribution in [0, 0.1) is 6.92 Å². The Labute approximate surface area is 167 Å². The maximum absolute atomic E-state index is 12.6. The van der Waals surface area contributed by atoms with Crippen molar-refractivity contribution in [2.45, 2.75) is 20.0 Å². The van der Waals surface area contributed by atoms with Crippen molar-refractivity contribution in [1.82, 2.24) is 10.1 Å². The van der Waals surface area contributed by atoms with Crippen molar-refractivity contribution >= 4 is 11.8 Å². The number of nitrogens with one attached hydrogen (secondary N) is 1. The van der Waals surface area contributed by atoms with E-state index in [0.717, 1.165) is 17.1 Å². The highest BCUT2D eigenvalue weighted by Gasteiger charge is 2.16. The van der Waals surface area contributed by atoms with E-state index in [1.54, 1.807) is 18.6 Å². The first-order valence-electron chi connectivity index (χ1n) is 9.26. The van der Waals surface area contributed by atoms with Crippen molar-refractivity contribution in [3.63, 3.8) is 0 Å². The largest absolute Gasteiger partial charge is 0.468 e. The van der Waals surface area contributed by atoms with Crippen LogP contribution in [0.4, 0.5) is 5.88 Å². The van der Waals surface area contributed by atoms with Crippen LogP contribution in [0.25, 0.3) is 11.3 Å². The molecule has 1 amide bonds. The molecule has 4 rings (SSSR count). The van der Waals surface area contributed by atoms with Crippen molar-refractivity contribution in [2.24, 2.45) is 0 Å². The third kappa shape index (κ3) is 5.03. The fraction of sp³-hybridized carbons (Fsp3) is 0.182. The van der Waals surface area contributed by atoms with Crippen LogP contribution < -0.4 is 5.32 Å². The lowest BCUT2D eigenvalue weighted by Crippen LogP contribution is -2.32. The monoisotopic (exact) mass is 391 g/mol. The first-order valence-corrected chi connectivity index (χ1v) is 9.26. The molecule has 148 valence electrons. The lowest BCUT2D eigenvalue weighted by Gasteiger charge is -2.19. The highest BCUT2D eigenvalue weighted by atomic mass is 16.5. The highest BCUT2D eigenvalue weighted by Crippen LogP contribution is 2.22. The Kier molecular flexibility index (Phi) is 5.58. The van der Waals surface area contributed by atoms with Crippen LogP contribution in [0.2, 0.25) is 0 Å². The van der Waals surface area contributed by atoms with Gasteiger partial charge in [-0.25, -0.2) is 0 Å². The van der Waals surface area contributed by atoms with Crippen LogP contribution in [0.3, 0.4) is 0 Å². The fourth-order valence-corrected chi connectivity index (χ4v) is 2.99. The topological polar surface area (TPSA) is 84.7 Å². The Hall–Kier alpha value is -3.58. The van der Waals surface area contributed by atoms with Crippen LogP contribution in [0.15, 0.2) is 80.5 Å². The van der Waals surface area contributed by atoms with E-state index in [0.29, 0.717) is 24.7 Å². The van der Waals surface area contributed by atoms with Crippen molar-refractivity contribution < 1.29 is 18.2 Å². The number of amides is 1. The Morgan fingerprint density at radius 3 is 2.24 bits per heavy atom. The first kappa shape index (κ1) is 18.8. The number of aromatic nitrogens is 1. The van der Waals surface area contributed by atoms with Crippen LogP contribution in [-0.2, 0) is 17.9 Å². The molecule has 0 bridgehead atoms. The molecule has 0 aliphatic rings. The van der Waals surface area contributed by atoms with E-state index in [1.807, 2.05) is 60.4 Å². The van der Waals surface area contributed by atoms with Crippen LogP contribution in [-0.4, -0.2) is 22.5 Å². The zero-order valence-electron chi connectivity index (χ0n) is 16.0. The van der Waals surface area contributed by atoms with Gasteiger partial charge in [-0.1, -0.05) is 35.0 Å². The quantitative estimate of drug-likeness (QED) is 0.477. The number of nitrogens with zero attached hydrogens (tertiary/aromatic N) is 2. The van der Waals surface area contributed by atoms with Gasteiger partial charge in [-0.3, -0.25) is 15.0 Å². The number of carbonyl (C=O) groups excluding carboxylic acids is 1. The number of anilines is 1. The molecule has 29 heavy (non-hydrogen) atoms. The van der Waals surface area contributed by atoms with Gasteiger partial charge in [0, 0.05) is 11.6 Å². The smallest absolute Gasteiger partial charge is 0.240 e. The maximum atomic E-state index is 12.6. The van der Waals surface area contributed by atoms with E-state index in [1.165, 1.54) is 5.56 Å². The molecule has 3 aromatic heterocycles. The Balaban J connectivity index is 1.40. The summed E-state index contributed by atoms with van der Waals surface area (Å²) in [5.74, 6) is 1.63. The molecule has 0 aliphatic heterocycles. The highest BCUT2D eigenvalue weighted by molar-refractivity contribution is 5.91.